The zero-order chi connectivity index (χ0) is 23.7. The smallest absolute Gasteiger partial charge is 0.147 e. The molecule has 1 aromatic heterocycles. The Balaban J connectivity index is 0.00000176. The Morgan fingerprint density at radius 2 is 1.91 bits per heavy atom. The maximum absolute atomic E-state index is 6.39. The van der Waals surface area contributed by atoms with E-state index in [9.17, 15) is 0 Å². The van der Waals surface area contributed by atoms with Gasteiger partial charge in [-0.1, -0.05) is 44.5 Å². The van der Waals surface area contributed by atoms with Gasteiger partial charge in [0.1, 0.15) is 5.82 Å². The molecule has 0 bridgehead atoms. The van der Waals surface area contributed by atoms with Gasteiger partial charge in [0.25, 0.3) is 0 Å². The van der Waals surface area contributed by atoms with E-state index in [1.165, 1.54) is 11.1 Å². The molecule has 0 saturated carbocycles. The molecule has 1 fully saturated rings. The van der Waals surface area contributed by atoms with Crippen molar-refractivity contribution in [1.29, 1.82) is 0 Å². The van der Waals surface area contributed by atoms with Crippen LogP contribution >= 0.6 is 23.4 Å². The van der Waals surface area contributed by atoms with E-state index in [-0.39, 0.29) is 5.41 Å². The summed E-state index contributed by atoms with van der Waals surface area (Å²) in [7, 11) is 0. The number of benzene rings is 1. The topological polar surface area (TPSA) is 40.5 Å². The molecule has 0 spiro atoms. The second-order valence-electron chi connectivity index (χ2n) is 8.56. The fourth-order valence-corrected chi connectivity index (χ4v) is 4.10. The van der Waals surface area contributed by atoms with Gasteiger partial charge in [-0.2, -0.15) is 0 Å². The predicted octanol–water partition coefficient (Wildman–Crippen LogP) is 7.19. The number of hydrogen-bond acceptors (Lipinski definition) is 5. The summed E-state index contributed by atoms with van der Waals surface area (Å²) in [6.07, 6.45) is 4.77. The molecule has 32 heavy (non-hydrogen) atoms. The van der Waals surface area contributed by atoms with Crippen LogP contribution in [0.4, 0.5) is 11.5 Å². The van der Waals surface area contributed by atoms with E-state index in [2.05, 4.69) is 86.6 Å². The van der Waals surface area contributed by atoms with E-state index in [0.29, 0.717) is 11.6 Å². The van der Waals surface area contributed by atoms with E-state index in [1.54, 1.807) is 18.0 Å². The van der Waals surface area contributed by atoms with Gasteiger partial charge in [0, 0.05) is 24.1 Å². The van der Waals surface area contributed by atoms with Crippen molar-refractivity contribution in [3.05, 3.63) is 77.6 Å². The molecule has 1 aromatic carbocycles. The summed E-state index contributed by atoms with van der Waals surface area (Å²) in [6, 6.07) is 12.5. The van der Waals surface area contributed by atoms with Crippen LogP contribution < -0.4 is 10.2 Å². The highest BCUT2D eigenvalue weighted by Crippen LogP contribution is 2.29. The summed E-state index contributed by atoms with van der Waals surface area (Å²) in [6.45, 7) is 16.4. The van der Waals surface area contributed by atoms with E-state index >= 15 is 0 Å². The van der Waals surface area contributed by atoms with Crippen molar-refractivity contribution in [3.8, 4) is 0 Å². The standard InChI is InChI=1S/C24H31ClN4S.C2H4/c1-17(28-19-10-8-18(9-11-19)24(2,3)4)20-12-14-29(15-22(20)27-16-30-5)23-21(25)7-6-13-26-23;1-2/h6-11,13,28H,12,14-16H2,1-5H3;1-2H2/b20-17+,27-22-;. The third-order valence-corrected chi connectivity index (χ3v) is 5.96. The lowest BCUT2D eigenvalue weighted by molar-refractivity contribution is 0.590. The first-order chi connectivity index (χ1) is 15.3. The highest BCUT2D eigenvalue weighted by molar-refractivity contribution is 7.98. The van der Waals surface area contributed by atoms with Crippen LogP contribution in [0, 0.1) is 0 Å². The van der Waals surface area contributed by atoms with Crippen molar-refractivity contribution >= 4 is 40.6 Å². The molecule has 4 nitrogen and oxygen atoms in total. The molecule has 0 atom stereocenters. The average Bonchev–Trinajstić information content (AvgIpc) is 2.79. The molecule has 1 saturated heterocycles. The van der Waals surface area contributed by atoms with Gasteiger partial charge in [-0.15, -0.1) is 24.9 Å². The molecule has 6 heteroatoms. The fourth-order valence-electron chi connectivity index (χ4n) is 3.57. The number of rotatable bonds is 5. The number of nitrogens with zero attached hydrogens (tertiary/aromatic N) is 3. The predicted molar refractivity (Wildman–Crippen MR) is 145 cm³/mol. The lowest BCUT2D eigenvalue weighted by atomic mass is 9.87. The minimum absolute atomic E-state index is 0.156. The quantitative estimate of drug-likeness (QED) is 0.469. The summed E-state index contributed by atoms with van der Waals surface area (Å²) in [4.78, 5) is 11.6. The van der Waals surface area contributed by atoms with Crippen LogP contribution in [0.25, 0.3) is 0 Å². The number of hydrogen-bond donors (Lipinski definition) is 1. The molecule has 2 heterocycles. The fraction of sp³-hybridized carbons (Fsp3) is 0.385. The van der Waals surface area contributed by atoms with E-state index in [4.69, 9.17) is 16.6 Å². The maximum Gasteiger partial charge on any atom is 0.147 e. The monoisotopic (exact) mass is 470 g/mol. The number of thioether (sulfide) groups is 1. The Morgan fingerprint density at radius 1 is 1.22 bits per heavy atom. The molecule has 0 unspecified atom stereocenters. The SMILES string of the molecule is C=C.CSC/N=C1/CN(c2ncccc2Cl)CC/C1=C(/C)Nc1ccc(C(C)(C)C)cc1. The van der Waals surface area contributed by atoms with Crippen molar-refractivity contribution in [3.63, 3.8) is 0 Å². The summed E-state index contributed by atoms with van der Waals surface area (Å²) in [5.74, 6) is 1.58. The number of aromatic nitrogens is 1. The highest BCUT2D eigenvalue weighted by atomic mass is 35.5. The summed E-state index contributed by atoms with van der Waals surface area (Å²) in [5, 5.41) is 4.28. The van der Waals surface area contributed by atoms with Crippen molar-refractivity contribution < 1.29 is 0 Å². The van der Waals surface area contributed by atoms with Gasteiger partial charge in [0.2, 0.25) is 0 Å². The second-order valence-corrected chi connectivity index (χ2v) is 9.80. The lowest BCUT2D eigenvalue weighted by Crippen LogP contribution is -2.38. The van der Waals surface area contributed by atoms with E-state index in [0.717, 1.165) is 41.8 Å². The highest BCUT2D eigenvalue weighted by Gasteiger charge is 2.24. The molecule has 1 N–H and O–H groups in total. The van der Waals surface area contributed by atoms with Crippen molar-refractivity contribution in [2.24, 2.45) is 4.99 Å². The van der Waals surface area contributed by atoms with Gasteiger partial charge in [-0.3, -0.25) is 4.99 Å². The number of allylic oxidation sites excluding steroid dienone is 1. The van der Waals surface area contributed by atoms with Crippen molar-refractivity contribution in [1.82, 2.24) is 4.98 Å². The molecule has 172 valence electrons. The minimum atomic E-state index is 0.156. The average molecular weight is 471 g/mol. The van der Waals surface area contributed by atoms with E-state index in [1.807, 2.05) is 12.1 Å². The van der Waals surface area contributed by atoms with Crippen LogP contribution in [0.15, 0.2) is 72.0 Å². The molecule has 1 aliphatic rings. The first-order valence-electron chi connectivity index (χ1n) is 10.7. The third-order valence-electron chi connectivity index (χ3n) is 5.28. The number of aliphatic imine (C=N–C) groups is 1. The van der Waals surface area contributed by atoms with Crippen LogP contribution in [0.5, 0.6) is 0 Å². The normalized spacial score (nSPS) is 16.9. The van der Waals surface area contributed by atoms with E-state index < -0.39 is 0 Å². The van der Waals surface area contributed by atoms with Gasteiger partial charge in [-0.05, 0) is 60.4 Å². The Hall–Kier alpha value is -2.24. The molecular weight excluding hydrogens is 436 g/mol. The Kier molecular flexibility index (Phi) is 9.85. The van der Waals surface area contributed by atoms with Gasteiger partial charge in [0.15, 0.2) is 0 Å². The Bertz CT molecular complexity index is 945. The number of anilines is 2. The Labute approximate surface area is 202 Å². The van der Waals surface area contributed by atoms with Gasteiger partial charge in [0.05, 0.1) is 23.2 Å². The van der Waals surface area contributed by atoms with Crippen LogP contribution in [0.2, 0.25) is 5.02 Å². The van der Waals surface area contributed by atoms with Gasteiger partial charge >= 0.3 is 0 Å². The molecule has 1 aliphatic heterocycles. The first kappa shape index (κ1) is 26.0. The second kappa shape index (κ2) is 12.1. The zero-order valence-corrected chi connectivity index (χ0v) is 21.5. The third kappa shape index (κ3) is 6.88. The summed E-state index contributed by atoms with van der Waals surface area (Å²) >= 11 is 8.11. The van der Waals surface area contributed by atoms with Crippen LogP contribution in [0.1, 0.15) is 39.7 Å². The number of piperidine rings is 1. The first-order valence-corrected chi connectivity index (χ1v) is 12.5. The van der Waals surface area contributed by atoms with Crippen LogP contribution in [0.3, 0.4) is 0 Å². The summed E-state index contributed by atoms with van der Waals surface area (Å²) < 4.78 is 0. The largest absolute Gasteiger partial charge is 0.359 e. The molecule has 0 aliphatic carbocycles. The van der Waals surface area contributed by atoms with Crippen LogP contribution in [-0.2, 0) is 5.41 Å². The zero-order valence-electron chi connectivity index (χ0n) is 19.9. The lowest BCUT2D eigenvalue weighted by Gasteiger charge is -2.32. The molecule has 0 radical (unpaired) electrons. The number of nitrogens with one attached hydrogen (secondary N) is 1. The van der Waals surface area contributed by atoms with Crippen molar-refractivity contribution in [2.75, 3.05) is 35.4 Å². The Morgan fingerprint density at radius 3 is 2.50 bits per heavy atom. The molecule has 0 amide bonds. The minimum Gasteiger partial charge on any atom is -0.359 e. The summed E-state index contributed by atoms with van der Waals surface area (Å²) in [5.41, 5.74) is 6.14. The molecular formula is C26H35ClN4S. The number of pyridine rings is 1. The van der Waals surface area contributed by atoms with Crippen molar-refractivity contribution in [2.45, 2.75) is 39.5 Å². The molecule has 2 aromatic rings. The molecule has 3 rings (SSSR count). The van der Waals surface area contributed by atoms with Crippen LogP contribution in [-0.4, -0.2) is 35.9 Å². The van der Waals surface area contributed by atoms with Gasteiger partial charge < -0.3 is 10.2 Å². The number of halogens is 1. The van der Waals surface area contributed by atoms with Gasteiger partial charge in [-0.25, -0.2) is 4.98 Å². The maximum atomic E-state index is 6.39.